The first-order valence-electron chi connectivity index (χ1n) is 6.23. The standard InChI is InChI=1S/C13H23N3/c1-9-5-11(6-9)14-7-10-8-15-16-12(10)13(2,3)4/h8-9,11,14H,5-7H2,1-4H3,(H,15,16). The van der Waals surface area contributed by atoms with Crippen LogP contribution in [0.1, 0.15) is 51.8 Å². The quantitative estimate of drug-likeness (QED) is 0.823. The van der Waals surface area contributed by atoms with E-state index in [1.165, 1.54) is 24.1 Å². The van der Waals surface area contributed by atoms with Crippen LogP contribution >= 0.6 is 0 Å². The maximum absolute atomic E-state index is 4.16. The first kappa shape index (κ1) is 11.6. The van der Waals surface area contributed by atoms with E-state index < -0.39 is 0 Å². The van der Waals surface area contributed by atoms with Crippen molar-refractivity contribution in [1.82, 2.24) is 15.5 Å². The Hall–Kier alpha value is -0.830. The minimum absolute atomic E-state index is 0.153. The fourth-order valence-corrected chi connectivity index (χ4v) is 2.42. The number of aromatic nitrogens is 2. The summed E-state index contributed by atoms with van der Waals surface area (Å²) in [4.78, 5) is 0. The fraction of sp³-hybridized carbons (Fsp3) is 0.769. The van der Waals surface area contributed by atoms with Gasteiger partial charge in [-0.25, -0.2) is 0 Å². The fourth-order valence-electron chi connectivity index (χ4n) is 2.42. The van der Waals surface area contributed by atoms with Crippen molar-refractivity contribution >= 4 is 0 Å². The second-order valence-corrected chi connectivity index (χ2v) is 6.17. The number of aromatic amines is 1. The van der Waals surface area contributed by atoms with E-state index in [-0.39, 0.29) is 5.41 Å². The van der Waals surface area contributed by atoms with Crippen LogP contribution in [0.4, 0.5) is 0 Å². The number of H-pyrrole nitrogens is 1. The van der Waals surface area contributed by atoms with Crippen LogP contribution in [0.25, 0.3) is 0 Å². The molecule has 0 aliphatic heterocycles. The molecule has 0 spiro atoms. The van der Waals surface area contributed by atoms with Crippen LogP contribution in [0.15, 0.2) is 6.20 Å². The predicted octanol–water partition coefficient (Wildman–Crippen LogP) is 2.60. The van der Waals surface area contributed by atoms with Gasteiger partial charge in [0.25, 0.3) is 0 Å². The van der Waals surface area contributed by atoms with Gasteiger partial charge in [-0.1, -0.05) is 27.7 Å². The third-order valence-electron chi connectivity index (χ3n) is 3.42. The number of hydrogen-bond acceptors (Lipinski definition) is 2. The van der Waals surface area contributed by atoms with Crippen LogP contribution < -0.4 is 5.32 Å². The lowest BCUT2D eigenvalue weighted by atomic mass is 9.81. The molecule has 1 aliphatic carbocycles. The van der Waals surface area contributed by atoms with Crippen molar-refractivity contribution in [3.05, 3.63) is 17.5 Å². The highest BCUT2D eigenvalue weighted by Crippen LogP contribution is 2.27. The highest BCUT2D eigenvalue weighted by molar-refractivity contribution is 5.23. The molecule has 0 aromatic carbocycles. The molecule has 0 unspecified atom stereocenters. The molecule has 0 radical (unpaired) electrons. The van der Waals surface area contributed by atoms with E-state index in [9.17, 15) is 0 Å². The van der Waals surface area contributed by atoms with Crippen LogP contribution in [0.3, 0.4) is 0 Å². The molecule has 0 atom stereocenters. The summed E-state index contributed by atoms with van der Waals surface area (Å²) in [6.07, 6.45) is 4.60. The van der Waals surface area contributed by atoms with Crippen LogP contribution in [0, 0.1) is 5.92 Å². The van der Waals surface area contributed by atoms with Crippen LogP contribution in [0.5, 0.6) is 0 Å². The summed E-state index contributed by atoms with van der Waals surface area (Å²) in [5, 5.41) is 10.9. The maximum Gasteiger partial charge on any atom is 0.0535 e. The van der Waals surface area contributed by atoms with E-state index in [1.54, 1.807) is 0 Å². The second kappa shape index (κ2) is 4.21. The lowest BCUT2D eigenvalue weighted by Crippen LogP contribution is -2.39. The molecule has 1 aromatic rings. The second-order valence-electron chi connectivity index (χ2n) is 6.17. The normalized spacial score (nSPS) is 25.5. The summed E-state index contributed by atoms with van der Waals surface area (Å²) in [6, 6.07) is 0.720. The number of hydrogen-bond donors (Lipinski definition) is 2. The van der Waals surface area contributed by atoms with Crippen molar-refractivity contribution in [3.8, 4) is 0 Å². The minimum Gasteiger partial charge on any atom is -0.310 e. The SMILES string of the molecule is CC1CC(NCc2cn[nH]c2C(C)(C)C)C1. The molecule has 1 heterocycles. The molecule has 1 saturated carbocycles. The molecular weight excluding hydrogens is 198 g/mol. The largest absolute Gasteiger partial charge is 0.310 e. The third kappa shape index (κ3) is 2.46. The molecule has 0 bridgehead atoms. The molecule has 2 rings (SSSR count). The Kier molecular flexibility index (Phi) is 3.06. The van der Waals surface area contributed by atoms with E-state index in [0.717, 1.165) is 18.5 Å². The monoisotopic (exact) mass is 221 g/mol. The minimum atomic E-state index is 0.153. The van der Waals surface area contributed by atoms with E-state index in [2.05, 4.69) is 43.2 Å². The van der Waals surface area contributed by atoms with Gasteiger partial charge in [0.2, 0.25) is 0 Å². The Bertz CT molecular complexity index is 342. The van der Waals surface area contributed by atoms with Crippen LogP contribution in [0.2, 0.25) is 0 Å². The van der Waals surface area contributed by atoms with E-state index in [1.807, 2.05) is 6.20 Å². The highest BCUT2D eigenvalue weighted by atomic mass is 15.1. The van der Waals surface area contributed by atoms with Crippen molar-refractivity contribution in [2.24, 2.45) is 5.92 Å². The van der Waals surface area contributed by atoms with Gasteiger partial charge in [-0.2, -0.15) is 5.10 Å². The molecule has 0 saturated heterocycles. The van der Waals surface area contributed by atoms with E-state index in [4.69, 9.17) is 0 Å². The van der Waals surface area contributed by atoms with Crippen molar-refractivity contribution in [2.45, 2.75) is 58.5 Å². The average molecular weight is 221 g/mol. The molecule has 1 aliphatic rings. The lowest BCUT2D eigenvalue weighted by Gasteiger charge is -2.33. The van der Waals surface area contributed by atoms with Gasteiger partial charge < -0.3 is 5.32 Å². The Balaban J connectivity index is 1.92. The Labute approximate surface area is 98.0 Å². The third-order valence-corrected chi connectivity index (χ3v) is 3.42. The lowest BCUT2D eigenvalue weighted by molar-refractivity contribution is 0.240. The van der Waals surface area contributed by atoms with Crippen molar-refractivity contribution in [3.63, 3.8) is 0 Å². The Morgan fingerprint density at radius 3 is 2.69 bits per heavy atom. The zero-order chi connectivity index (χ0) is 11.8. The number of nitrogens with zero attached hydrogens (tertiary/aromatic N) is 1. The summed E-state index contributed by atoms with van der Waals surface area (Å²) in [5.41, 5.74) is 2.72. The zero-order valence-corrected chi connectivity index (χ0v) is 10.8. The maximum atomic E-state index is 4.16. The average Bonchev–Trinajstić information content (AvgIpc) is 2.57. The topological polar surface area (TPSA) is 40.7 Å². The van der Waals surface area contributed by atoms with Gasteiger partial charge in [0.1, 0.15) is 0 Å². The van der Waals surface area contributed by atoms with E-state index in [0.29, 0.717) is 0 Å². The highest BCUT2D eigenvalue weighted by Gasteiger charge is 2.26. The van der Waals surface area contributed by atoms with Gasteiger partial charge >= 0.3 is 0 Å². The predicted molar refractivity (Wildman–Crippen MR) is 66.3 cm³/mol. The van der Waals surface area contributed by atoms with Gasteiger partial charge in [-0.3, -0.25) is 5.10 Å². The van der Waals surface area contributed by atoms with Gasteiger partial charge in [0, 0.05) is 29.3 Å². The molecule has 2 N–H and O–H groups in total. The molecule has 1 fully saturated rings. The molecule has 1 aromatic heterocycles. The van der Waals surface area contributed by atoms with Gasteiger partial charge in [-0.05, 0) is 18.8 Å². The number of rotatable bonds is 3. The summed E-state index contributed by atoms with van der Waals surface area (Å²) in [7, 11) is 0. The molecule has 3 heteroatoms. The zero-order valence-electron chi connectivity index (χ0n) is 10.8. The van der Waals surface area contributed by atoms with Gasteiger partial charge in [0.05, 0.1) is 6.20 Å². The molecule has 3 nitrogen and oxygen atoms in total. The van der Waals surface area contributed by atoms with Gasteiger partial charge in [-0.15, -0.1) is 0 Å². The van der Waals surface area contributed by atoms with Crippen LogP contribution in [-0.2, 0) is 12.0 Å². The van der Waals surface area contributed by atoms with Gasteiger partial charge in [0.15, 0.2) is 0 Å². The van der Waals surface area contributed by atoms with Crippen molar-refractivity contribution in [1.29, 1.82) is 0 Å². The molecular formula is C13H23N3. The Morgan fingerprint density at radius 1 is 1.44 bits per heavy atom. The first-order chi connectivity index (χ1) is 7.47. The molecule has 0 amide bonds. The van der Waals surface area contributed by atoms with E-state index >= 15 is 0 Å². The molecule has 16 heavy (non-hydrogen) atoms. The first-order valence-corrected chi connectivity index (χ1v) is 6.23. The summed E-state index contributed by atoms with van der Waals surface area (Å²) in [5.74, 6) is 0.906. The Morgan fingerprint density at radius 2 is 2.12 bits per heavy atom. The summed E-state index contributed by atoms with van der Waals surface area (Å²) < 4.78 is 0. The molecule has 90 valence electrons. The van der Waals surface area contributed by atoms with Crippen molar-refractivity contribution < 1.29 is 0 Å². The smallest absolute Gasteiger partial charge is 0.0535 e. The summed E-state index contributed by atoms with van der Waals surface area (Å²) in [6.45, 7) is 9.91. The van der Waals surface area contributed by atoms with Crippen LogP contribution in [-0.4, -0.2) is 16.2 Å². The number of nitrogens with one attached hydrogen (secondary N) is 2. The van der Waals surface area contributed by atoms with Crippen molar-refractivity contribution in [2.75, 3.05) is 0 Å². The summed E-state index contributed by atoms with van der Waals surface area (Å²) >= 11 is 0.